The lowest BCUT2D eigenvalue weighted by atomic mass is 10.0. The molecule has 3 aromatic rings. The van der Waals surface area contributed by atoms with E-state index >= 15 is 0 Å². The summed E-state index contributed by atoms with van der Waals surface area (Å²) in [5, 5.41) is 2.55. The Morgan fingerprint density at radius 1 is 1.07 bits per heavy atom. The van der Waals surface area contributed by atoms with E-state index in [9.17, 15) is 18.0 Å². The smallest absolute Gasteiger partial charge is 0.383 e. The highest BCUT2D eigenvalue weighted by molar-refractivity contribution is 6.04. The van der Waals surface area contributed by atoms with Gasteiger partial charge < -0.3 is 16.0 Å². The third-order valence-electron chi connectivity index (χ3n) is 7.14. The number of carbonyl (C=O) groups is 1. The maximum Gasteiger partial charge on any atom is 0.416 e. The minimum absolute atomic E-state index is 0.0229. The van der Waals surface area contributed by atoms with Gasteiger partial charge in [0.2, 0.25) is 0 Å². The summed E-state index contributed by atoms with van der Waals surface area (Å²) in [6, 6.07) is 5.34. The summed E-state index contributed by atoms with van der Waals surface area (Å²) < 4.78 is 42.0. The summed E-state index contributed by atoms with van der Waals surface area (Å²) in [6.45, 7) is 12.1. The molecule has 2 aromatic heterocycles. The van der Waals surface area contributed by atoms with E-state index in [2.05, 4.69) is 48.7 Å². The van der Waals surface area contributed by atoms with Crippen LogP contribution in [0, 0.1) is 32.6 Å². The number of amides is 1. The number of nitrogens with one attached hydrogen (secondary N) is 1. The van der Waals surface area contributed by atoms with Gasteiger partial charge in [0.15, 0.2) is 0 Å². The average molecular weight is 591 g/mol. The second kappa shape index (κ2) is 13.1. The molecule has 1 aromatic carbocycles. The quantitative estimate of drug-likeness (QED) is 0.327. The number of alkyl halides is 3. The van der Waals surface area contributed by atoms with Gasteiger partial charge in [-0.3, -0.25) is 19.7 Å². The third-order valence-corrected chi connectivity index (χ3v) is 7.14. The van der Waals surface area contributed by atoms with E-state index in [4.69, 9.17) is 5.73 Å². The van der Waals surface area contributed by atoms with Crippen molar-refractivity contribution < 1.29 is 18.0 Å². The molecule has 9 nitrogen and oxygen atoms in total. The topological polar surface area (TPSA) is 113 Å². The Morgan fingerprint density at radius 2 is 1.77 bits per heavy atom. The predicted molar refractivity (Wildman–Crippen MR) is 160 cm³/mol. The van der Waals surface area contributed by atoms with E-state index in [0.29, 0.717) is 41.3 Å². The molecule has 4 rings (SSSR count). The van der Waals surface area contributed by atoms with Crippen LogP contribution in [0.3, 0.4) is 0 Å². The number of rotatable bonds is 6. The van der Waals surface area contributed by atoms with E-state index in [0.717, 1.165) is 24.8 Å². The van der Waals surface area contributed by atoms with Crippen LogP contribution in [0.5, 0.6) is 0 Å². The minimum Gasteiger partial charge on any atom is -0.383 e. The number of allylic oxidation sites excluding steroid dienone is 1. The normalized spacial score (nSPS) is 14.9. The maximum atomic E-state index is 14.0. The summed E-state index contributed by atoms with van der Waals surface area (Å²) in [7, 11) is 1.99. The zero-order chi connectivity index (χ0) is 31.3. The van der Waals surface area contributed by atoms with Crippen molar-refractivity contribution in [2.75, 3.05) is 38.5 Å². The lowest BCUT2D eigenvalue weighted by molar-refractivity contribution is -0.138. The van der Waals surface area contributed by atoms with Gasteiger partial charge in [0, 0.05) is 56.4 Å². The van der Waals surface area contributed by atoms with Crippen molar-refractivity contribution in [3.8, 4) is 11.8 Å². The number of aryl methyl sites for hydroxylation is 3. The van der Waals surface area contributed by atoms with E-state index < -0.39 is 17.6 Å². The fourth-order valence-electron chi connectivity index (χ4n) is 4.55. The molecule has 0 saturated carbocycles. The molecule has 0 unspecified atom stereocenters. The number of aromatic nitrogens is 3. The van der Waals surface area contributed by atoms with Gasteiger partial charge >= 0.3 is 6.18 Å². The van der Waals surface area contributed by atoms with Crippen LogP contribution in [0.1, 0.15) is 49.8 Å². The molecule has 3 N–H and O–H groups in total. The third kappa shape index (κ3) is 7.82. The molecule has 1 aliphatic heterocycles. The number of benzene rings is 1. The first-order valence-corrected chi connectivity index (χ1v) is 13.5. The Labute approximate surface area is 248 Å². The number of anilines is 1. The molecule has 12 heteroatoms. The number of halogens is 3. The van der Waals surface area contributed by atoms with E-state index in [1.54, 1.807) is 6.92 Å². The first-order valence-electron chi connectivity index (χ1n) is 13.5. The van der Waals surface area contributed by atoms with Gasteiger partial charge in [-0.2, -0.15) is 13.2 Å². The van der Waals surface area contributed by atoms with Crippen LogP contribution >= 0.6 is 0 Å². The van der Waals surface area contributed by atoms with Crippen molar-refractivity contribution >= 4 is 23.9 Å². The monoisotopic (exact) mass is 590 g/mol. The molecule has 224 valence electrons. The average Bonchev–Trinajstić information content (AvgIpc) is 2.97. The molecule has 3 heterocycles. The molecule has 1 saturated heterocycles. The zero-order valence-corrected chi connectivity index (χ0v) is 24.5. The number of piperazine rings is 1. The van der Waals surface area contributed by atoms with Crippen LogP contribution < -0.4 is 11.1 Å². The first-order chi connectivity index (χ1) is 20.3. The molecule has 1 aliphatic rings. The molecule has 0 radical (unpaired) electrons. The highest BCUT2D eigenvalue weighted by atomic mass is 19.4. The number of likely N-dealkylation sites (N-methyl/N-ethyl adjacent to an activating group) is 1. The molecule has 1 amide bonds. The number of nitrogens with zero attached hydrogens (tertiary/aromatic N) is 6. The molecule has 0 aliphatic carbocycles. The zero-order valence-electron chi connectivity index (χ0n) is 24.5. The maximum absolute atomic E-state index is 14.0. The largest absolute Gasteiger partial charge is 0.416 e. The second-order valence-corrected chi connectivity index (χ2v) is 10.4. The van der Waals surface area contributed by atoms with Crippen LogP contribution in [0.4, 0.5) is 18.9 Å². The van der Waals surface area contributed by atoms with E-state index in [-0.39, 0.29) is 29.2 Å². The van der Waals surface area contributed by atoms with Gasteiger partial charge in [0.1, 0.15) is 11.5 Å². The number of aliphatic imine (C=N–C) groups is 1. The van der Waals surface area contributed by atoms with Gasteiger partial charge in [-0.1, -0.05) is 17.9 Å². The molecule has 0 spiro atoms. The SMILES string of the molecule is C=N/C(N)=C(/C#Cc1cncc(C(=O)Nc2ccc(CN3CCN(C)CC3)c(C(F)(F)F)c2)c1)c1nc(C)c(C)nc1C. The van der Waals surface area contributed by atoms with Crippen LogP contribution in [0.25, 0.3) is 5.57 Å². The number of hydrogen-bond donors (Lipinski definition) is 2. The van der Waals surface area contributed by atoms with Crippen molar-refractivity contribution in [2.24, 2.45) is 10.7 Å². The summed E-state index contributed by atoms with van der Waals surface area (Å²) in [5.74, 6) is 5.28. The van der Waals surface area contributed by atoms with E-state index in [1.807, 2.05) is 25.8 Å². The van der Waals surface area contributed by atoms with Crippen molar-refractivity contribution in [2.45, 2.75) is 33.5 Å². The lowest BCUT2D eigenvalue weighted by Gasteiger charge is -2.33. The molecular formula is C31H33F3N8O. The molecule has 0 atom stereocenters. The second-order valence-electron chi connectivity index (χ2n) is 10.4. The molecule has 0 bridgehead atoms. The Bertz CT molecular complexity index is 1630. The van der Waals surface area contributed by atoms with Gasteiger partial charge in [0.05, 0.1) is 33.8 Å². The molecule has 43 heavy (non-hydrogen) atoms. The van der Waals surface area contributed by atoms with Gasteiger partial charge in [0.25, 0.3) is 5.91 Å². The Morgan fingerprint density at radius 3 is 2.44 bits per heavy atom. The lowest BCUT2D eigenvalue weighted by Crippen LogP contribution is -2.44. The Kier molecular flexibility index (Phi) is 9.58. The summed E-state index contributed by atoms with van der Waals surface area (Å²) in [5.41, 5.74) is 8.81. The van der Waals surface area contributed by atoms with Gasteiger partial charge in [-0.25, -0.2) is 9.98 Å². The molecule has 1 fully saturated rings. The first kappa shape index (κ1) is 31.3. The van der Waals surface area contributed by atoms with Crippen LogP contribution in [-0.2, 0) is 12.7 Å². The van der Waals surface area contributed by atoms with Crippen LogP contribution in [0.2, 0.25) is 0 Å². The van der Waals surface area contributed by atoms with Crippen LogP contribution in [0.15, 0.2) is 47.5 Å². The Hall–Kier alpha value is -4.60. The van der Waals surface area contributed by atoms with Crippen molar-refractivity contribution in [1.82, 2.24) is 24.8 Å². The van der Waals surface area contributed by atoms with Crippen molar-refractivity contribution in [1.29, 1.82) is 0 Å². The van der Waals surface area contributed by atoms with Crippen molar-refractivity contribution in [3.63, 3.8) is 0 Å². The fraction of sp³-hybridized carbons (Fsp3) is 0.323. The predicted octanol–water partition coefficient (Wildman–Crippen LogP) is 4.19. The summed E-state index contributed by atoms with van der Waals surface area (Å²) >= 11 is 0. The van der Waals surface area contributed by atoms with Gasteiger partial charge in [-0.15, -0.1) is 0 Å². The fourth-order valence-corrected chi connectivity index (χ4v) is 4.55. The van der Waals surface area contributed by atoms with Crippen LogP contribution in [-0.4, -0.2) is 70.6 Å². The highest BCUT2D eigenvalue weighted by Crippen LogP contribution is 2.34. The number of carbonyl (C=O) groups excluding carboxylic acids is 1. The standard InChI is InChI=1S/C31H33F3N8O/c1-19-20(2)39-28(21(3)38-19)26(29(35)36-4)9-6-22-14-24(17-37-16-22)30(43)40-25-8-7-23(27(15-25)31(32,33)34)18-42-12-10-41(5)11-13-42/h7-8,14-17H,4,10-13,18,35H2,1-3,5H3,(H,40,43)/b29-26-. The number of nitrogens with two attached hydrogens (primary N) is 1. The molecular weight excluding hydrogens is 557 g/mol. The number of pyridine rings is 1. The minimum atomic E-state index is -4.58. The van der Waals surface area contributed by atoms with Crippen molar-refractivity contribution in [3.05, 3.63) is 87.5 Å². The Balaban J connectivity index is 1.56. The van der Waals surface area contributed by atoms with E-state index in [1.165, 1.54) is 30.6 Å². The summed E-state index contributed by atoms with van der Waals surface area (Å²) in [6.07, 6.45) is -1.82. The highest BCUT2D eigenvalue weighted by Gasteiger charge is 2.34. The van der Waals surface area contributed by atoms with Gasteiger partial charge in [-0.05, 0) is 58.3 Å². The summed E-state index contributed by atoms with van der Waals surface area (Å²) in [4.78, 5) is 34.1. The number of hydrogen-bond acceptors (Lipinski definition) is 8.